The van der Waals surface area contributed by atoms with Gasteiger partial charge in [-0.3, -0.25) is 4.79 Å². The summed E-state index contributed by atoms with van der Waals surface area (Å²) in [6.07, 6.45) is 0. The van der Waals surface area contributed by atoms with E-state index in [1.807, 2.05) is 4.98 Å². The van der Waals surface area contributed by atoms with Crippen molar-refractivity contribution in [3.8, 4) is 28.4 Å². The third-order valence-corrected chi connectivity index (χ3v) is 3.03. The third kappa shape index (κ3) is 2.48. The van der Waals surface area contributed by atoms with Crippen LogP contribution in [0.3, 0.4) is 0 Å². The monoisotopic (exact) mass is 322 g/mol. The van der Waals surface area contributed by atoms with Crippen molar-refractivity contribution in [3.63, 3.8) is 0 Å². The molecular weight excluding hydrogens is 312 g/mol. The van der Waals surface area contributed by atoms with Gasteiger partial charge in [0.1, 0.15) is 22.7 Å². The fourth-order valence-electron chi connectivity index (χ4n) is 2.08. The number of H-pyrrole nitrogens is 1. The van der Waals surface area contributed by atoms with Crippen LogP contribution in [-0.2, 0) is 0 Å². The lowest BCUT2D eigenvalue weighted by atomic mass is 9.94. The van der Waals surface area contributed by atoms with Gasteiger partial charge in [0, 0.05) is 17.2 Å². The van der Waals surface area contributed by atoms with Crippen LogP contribution in [0.2, 0.25) is 0 Å². The van der Waals surface area contributed by atoms with Crippen LogP contribution in [0.1, 0.15) is 20.7 Å². The van der Waals surface area contributed by atoms with E-state index in [-0.39, 0.29) is 0 Å². The molecule has 0 radical (unpaired) electrons. The fourth-order valence-corrected chi connectivity index (χ4v) is 2.08. The maximum Gasteiger partial charge on any atom is 0.342 e. The number of aromatic nitrogens is 1. The zero-order valence-corrected chi connectivity index (χ0v) is 11.2. The molecule has 120 valence electrons. The zero-order valence-electron chi connectivity index (χ0n) is 11.2. The molecule has 0 aliphatic heterocycles. The van der Waals surface area contributed by atoms with E-state index in [2.05, 4.69) is 0 Å². The summed E-state index contributed by atoms with van der Waals surface area (Å²) in [4.78, 5) is 36.4. The first kappa shape index (κ1) is 15.7. The molecule has 1 heterocycles. The molecule has 1 aromatic carbocycles. The standard InChI is InChI=1S/C13H10N2O8/c14-10-8(12(20)21)7(9(13(22)23)11(19)15-10)3-1-5(17)6(18)2-4(3)16/h1-2,16-18H,(H,20,21)(H,22,23)(H3,14,15,19). The second kappa shape index (κ2) is 5.26. The van der Waals surface area contributed by atoms with Crippen molar-refractivity contribution in [2.45, 2.75) is 0 Å². The molecule has 10 heteroatoms. The normalized spacial score (nSPS) is 10.4. The molecular formula is C13H10N2O8. The molecule has 2 aromatic rings. The van der Waals surface area contributed by atoms with Gasteiger partial charge in [0.25, 0.3) is 5.56 Å². The van der Waals surface area contributed by atoms with Crippen molar-refractivity contribution in [1.82, 2.24) is 4.98 Å². The number of aromatic amines is 1. The van der Waals surface area contributed by atoms with Crippen molar-refractivity contribution in [3.05, 3.63) is 33.6 Å². The van der Waals surface area contributed by atoms with Gasteiger partial charge in [0.2, 0.25) is 0 Å². The summed E-state index contributed by atoms with van der Waals surface area (Å²) in [5.41, 5.74) is 1.28. The van der Waals surface area contributed by atoms with Crippen molar-refractivity contribution >= 4 is 17.8 Å². The van der Waals surface area contributed by atoms with Gasteiger partial charge in [-0.25, -0.2) is 9.59 Å². The Hall–Kier alpha value is -3.69. The average Bonchev–Trinajstić information content (AvgIpc) is 2.40. The summed E-state index contributed by atoms with van der Waals surface area (Å²) in [5.74, 6) is -6.30. The van der Waals surface area contributed by atoms with E-state index < -0.39 is 62.8 Å². The summed E-state index contributed by atoms with van der Waals surface area (Å²) >= 11 is 0. The number of phenolic OH excluding ortho intramolecular Hbond substituents is 3. The van der Waals surface area contributed by atoms with Crippen LogP contribution >= 0.6 is 0 Å². The minimum absolute atomic E-state index is 0.493. The van der Waals surface area contributed by atoms with Crippen LogP contribution in [0.15, 0.2) is 16.9 Å². The van der Waals surface area contributed by atoms with E-state index in [9.17, 15) is 39.9 Å². The largest absolute Gasteiger partial charge is 0.507 e. The molecule has 0 atom stereocenters. The number of carbonyl (C=O) groups is 2. The number of hydrogen-bond donors (Lipinski definition) is 7. The van der Waals surface area contributed by atoms with E-state index in [4.69, 9.17) is 5.73 Å². The molecule has 10 nitrogen and oxygen atoms in total. The molecule has 0 saturated heterocycles. The van der Waals surface area contributed by atoms with Crippen molar-refractivity contribution in [2.75, 3.05) is 5.73 Å². The Balaban J connectivity index is 3.06. The van der Waals surface area contributed by atoms with Gasteiger partial charge < -0.3 is 36.3 Å². The van der Waals surface area contributed by atoms with Gasteiger partial charge in [0.15, 0.2) is 11.5 Å². The first-order chi connectivity index (χ1) is 10.6. The molecule has 0 aliphatic rings. The lowest BCUT2D eigenvalue weighted by Crippen LogP contribution is -2.24. The molecule has 23 heavy (non-hydrogen) atoms. The van der Waals surface area contributed by atoms with Crippen LogP contribution in [0, 0.1) is 0 Å². The topological polar surface area (TPSA) is 194 Å². The molecule has 0 amide bonds. The predicted molar refractivity (Wildman–Crippen MR) is 75.8 cm³/mol. The van der Waals surface area contributed by atoms with Gasteiger partial charge in [-0.1, -0.05) is 0 Å². The van der Waals surface area contributed by atoms with Gasteiger partial charge in [-0.05, 0) is 6.07 Å². The molecule has 0 saturated carbocycles. The Morgan fingerprint density at radius 2 is 1.43 bits per heavy atom. The number of hydrogen-bond acceptors (Lipinski definition) is 7. The number of benzene rings is 1. The SMILES string of the molecule is Nc1[nH]c(=O)c(C(=O)O)c(-c2cc(O)c(O)cc2O)c1C(=O)O. The Morgan fingerprint density at radius 3 is 1.96 bits per heavy atom. The van der Waals surface area contributed by atoms with E-state index in [1.165, 1.54) is 0 Å². The van der Waals surface area contributed by atoms with Crippen LogP contribution in [-0.4, -0.2) is 42.5 Å². The number of pyridine rings is 1. The first-order valence-electron chi connectivity index (χ1n) is 5.92. The van der Waals surface area contributed by atoms with Crippen molar-refractivity contribution < 1.29 is 35.1 Å². The summed E-state index contributed by atoms with van der Waals surface area (Å²) < 4.78 is 0. The number of aromatic carboxylic acids is 2. The number of rotatable bonds is 3. The minimum Gasteiger partial charge on any atom is -0.507 e. The number of aromatic hydroxyl groups is 3. The fraction of sp³-hybridized carbons (Fsp3) is 0. The number of phenols is 3. The van der Waals surface area contributed by atoms with Crippen LogP contribution in [0.5, 0.6) is 17.2 Å². The molecule has 0 aliphatic carbocycles. The predicted octanol–water partition coefficient (Wildman–Crippen LogP) is 0.137. The summed E-state index contributed by atoms with van der Waals surface area (Å²) in [6, 6.07) is 1.39. The molecule has 0 bridgehead atoms. The van der Waals surface area contributed by atoms with Crippen LogP contribution < -0.4 is 11.3 Å². The van der Waals surface area contributed by atoms with E-state index in [1.54, 1.807) is 0 Å². The number of nitrogens with two attached hydrogens (primary N) is 1. The second-order valence-corrected chi connectivity index (χ2v) is 4.46. The Labute approximate surface area is 126 Å². The quantitative estimate of drug-likeness (QED) is 0.303. The maximum absolute atomic E-state index is 11.8. The van der Waals surface area contributed by atoms with E-state index in [0.717, 1.165) is 6.07 Å². The van der Waals surface area contributed by atoms with Gasteiger partial charge in [-0.15, -0.1) is 0 Å². The molecule has 0 unspecified atom stereocenters. The molecule has 8 N–H and O–H groups in total. The summed E-state index contributed by atoms with van der Waals surface area (Å²) in [7, 11) is 0. The highest BCUT2D eigenvalue weighted by molar-refractivity contribution is 6.08. The highest BCUT2D eigenvalue weighted by atomic mass is 16.4. The number of anilines is 1. The summed E-state index contributed by atoms with van der Waals surface area (Å²) in [5, 5.41) is 47.1. The van der Waals surface area contributed by atoms with Crippen LogP contribution in [0.4, 0.5) is 5.82 Å². The van der Waals surface area contributed by atoms with Crippen LogP contribution in [0.25, 0.3) is 11.1 Å². The Bertz CT molecular complexity index is 900. The molecule has 0 spiro atoms. The number of nitrogen functional groups attached to an aromatic ring is 1. The molecule has 2 rings (SSSR count). The van der Waals surface area contributed by atoms with Gasteiger partial charge in [0.05, 0.1) is 0 Å². The second-order valence-electron chi connectivity index (χ2n) is 4.46. The van der Waals surface area contributed by atoms with Crippen molar-refractivity contribution in [2.24, 2.45) is 0 Å². The third-order valence-electron chi connectivity index (χ3n) is 3.03. The minimum atomic E-state index is -1.77. The zero-order chi connectivity index (χ0) is 17.5. The smallest absolute Gasteiger partial charge is 0.342 e. The lowest BCUT2D eigenvalue weighted by Gasteiger charge is -2.14. The maximum atomic E-state index is 11.8. The Morgan fingerprint density at radius 1 is 0.913 bits per heavy atom. The highest BCUT2D eigenvalue weighted by Gasteiger charge is 2.28. The average molecular weight is 322 g/mol. The number of carboxylic acid groups (broad SMARTS) is 2. The lowest BCUT2D eigenvalue weighted by molar-refractivity contribution is 0.0695. The number of nitrogens with one attached hydrogen (secondary N) is 1. The Kier molecular flexibility index (Phi) is 3.59. The number of carboxylic acids is 2. The highest BCUT2D eigenvalue weighted by Crippen LogP contribution is 2.41. The molecule has 0 fully saturated rings. The molecule has 1 aromatic heterocycles. The van der Waals surface area contributed by atoms with Gasteiger partial charge in [-0.2, -0.15) is 0 Å². The first-order valence-corrected chi connectivity index (χ1v) is 5.92. The van der Waals surface area contributed by atoms with Crippen molar-refractivity contribution in [1.29, 1.82) is 0 Å². The summed E-state index contributed by atoms with van der Waals surface area (Å²) in [6.45, 7) is 0. The van der Waals surface area contributed by atoms with E-state index in [0.29, 0.717) is 6.07 Å². The van der Waals surface area contributed by atoms with Gasteiger partial charge >= 0.3 is 11.9 Å². The van der Waals surface area contributed by atoms with E-state index >= 15 is 0 Å².